The number of benzene rings is 1. The number of para-hydroxylation sites is 1. The molecular formula is C14H17NS. The lowest BCUT2D eigenvalue weighted by atomic mass is 10.2. The van der Waals surface area contributed by atoms with Crippen molar-refractivity contribution in [2.24, 2.45) is 0 Å². The Morgan fingerprint density at radius 1 is 1.12 bits per heavy atom. The van der Waals surface area contributed by atoms with Gasteiger partial charge in [-0.25, -0.2) is 0 Å². The van der Waals surface area contributed by atoms with E-state index in [1.807, 2.05) is 11.3 Å². The molecule has 0 unspecified atom stereocenters. The summed E-state index contributed by atoms with van der Waals surface area (Å²) in [6.45, 7) is 7.40. The van der Waals surface area contributed by atoms with Gasteiger partial charge in [0.25, 0.3) is 0 Å². The van der Waals surface area contributed by atoms with Crippen molar-refractivity contribution in [2.45, 2.75) is 27.3 Å². The summed E-state index contributed by atoms with van der Waals surface area (Å²) in [6.07, 6.45) is 0. The van der Waals surface area contributed by atoms with Crippen molar-refractivity contribution in [1.29, 1.82) is 0 Å². The SMILES string of the molecule is Cc1cc(CNc2ccccc2C)c(C)s1. The molecule has 2 aromatic rings. The normalized spacial score (nSPS) is 10.4. The van der Waals surface area contributed by atoms with Crippen LogP contribution in [0, 0.1) is 20.8 Å². The molecule has 16 heavy (non-hydrogen) atoms. The maximum absolute atomic E-state index is 3.49. The Morgan fingerprint density at radius 2 is 1.88 bits per heavy atom. The summed E-state index contributed by atoms with van der Waals surface area (Å²) < 4.78 is 0. The fourth-order valence-corrected chi connectivity index (χ4v) is 2.77. The molecular weight excluding hydrogens is 214 g/mol. The molecule has 0 aliphatic carbocycles. The van der Waals surface area contributed by atoms with Gasteiger partial charge >= 0.3 is 0 Å². The van der Waals surface area contributed by atoms with Gasteiger partial charge in [0.15, 0.2) is 0 Å². The van der Waals surface area contributed by atoms with Crippen molar-refractivity contribution in [3.05, 3.63) is 51.2 Å². The lowest BCUT2D eigenvalue weighted by Crippen LogP contribution is -2.00. The molecule has 0 atom stereocenters. The first-order valence-corrected chi connectivity index (χ1v) is 6.34. The van der Waals surface area contributed by atoms with Crippen LogP contribution in [0.5, 0.6) is 0 Å². The number of nitrogens with one attached hydrogen (secondary N) is 1. The third kappa shape index (κ3) is 2.45. The van der Waals surface area contributed by atoms with E-state index in [9.17, 15) is 0 Å². The van der Waals surface area contributed by atoms with Gasteiger partial charge in [0.2, 0.25) is 0 Å². The maximum atomic E-state index is 3.49. The predicted octanol–water partition coefficient (Wildman–Crippen LogP) is 4.29. The number of rotatable bonds is 3. The zero-order valence-corrected chi connectivity index (χ0v) is 10.8. The van der Waals surface area contributed by atoms with Crippen molar-refractivity contribution in [1.82, 2.24) is 0 Å². The van der Waals surface area contributed by atoms with Crippen LogP contribution in [0.15, 0.2) is 30.3 Å². The second-order valence-electron chi connectivity index (χ2n) is 4.11. The third-order valence-electron chi connectivity index (χ3n) is 2.76. The molecule has 2 heteroatoms. The zero-order chi connectivity index (χ0) is 11.5. The summed E-state index contributed by atoms with van der Waals surface area (Å²) in [7, 11) is 0. The van der Waals surface area contributed by atoms with Crippen LogP contribution in [0.25, 0.3) is 0 Å². The summed E-state index contributed by atoms with van der Waals surface area (Å²) in [5.41, 5.74) is 3.93. The van der Waals surface area contributed by atoms with Crippen LogP contribution in [0.2, 0.25) is 0 Å². The van der Waals surface area contributed by atoms with Crippen LogP contribution < -0.4 is 5.32 Å². The van der Waals surface area contributed by atoms with Crippen LogP contribution in [0.3, 0.4) is 0 Å². The van der Waals surface area contributed by atoms with Crippen LogP contribution >= 0.6 is 11.3 Å². The van der Waals surface area contributed by atoms with E-state index in [0.717, 1.165) is 6.54 Å². The quantitative estimate of drug-likeness (QED) is 0.831. The first kappa shape index (κ1) is 11.2. The molecule has 0 bridgehead atoms. The monoisotopic (exact) mass is 231 g/mol. The Hall–Kier alpha value is -1.28. The second kappa shape index (κ2) is 4.71. The minimum atomic E-state index is 0.918. The van der Waals surface area contributed by atoms with E-state index >= 15 is 0 Å². The van der Waals surface area contributed by atoms with E-state index in [1.165, 1.54) is 26.6 Å². The van der Waals surface area contributed by atoms with E-state index in [1.54, 1.807) is 0 Å². The van der Waals surface area contributed by atoms with E-state index in [2.05, 4.69) is 56.4 Å². The highest BCUT2D eigenvalue weighted by Gasteiger charge is 2.03. The summed E-state index contributed by atoms with van der Waals surface area (Å²) in [5, 5.41) is 3.49. The molecule has 1 nitrogen and oxygen atoms in total. The molecule has 0 aliphatic heterocycles. The van der Waals surface area contributed by atoms with Crippen molar-refractivity contribution in [3.8, 4) is 0 Å². The Labute approximate surface area is 101 Å². The minimum absolute atomic E-state index is 0.918. The summed E-state index contributed by atoms with van der Waals surface area (Å²) in [5.74, 6) is 0. The molecule has 2 rings (SSSR count). The van der Waals surface area contributed by atoms with Crippen LogP contribution in [0.1, 0.15) is 20.9 Å². The topological polar surface area (TPSA) is 12.0 Å². The van der Waals surface area contributed by atoms with Gasteiger partial charge in [-0.3, -0.25) is 0 Å². The first-order chi connectivity index (χ1) is 7.66. The summed E-state index contributed by atoms with van der Waals surface area (Å²) >= 11 is 1.87. The fraction of sp³-hybridized carbons (Fsp3) is 0.286. The van der Waals surface area contributed by atoms with Gasteiger partial charge in [-0.1, -0.05) is 18.2 Å². The average molecular weight is 231 g/mol. The highest BCUT2D eigenvalue weighted by molar-refractivity contribution is 7.12. The molecule has 1 heterocycles. The highest BCUT2D eigenvalue weighted by Crippen LogP contribution is 2.22. The van der Waals surface area contributed by atoms with Crippen molar-refractivity contribution in [2.75, 3.05) is 5.32 Å². The first-order valence-electron chi connectivity index (χ1n) is 5.52. The van der Waals surface area contributed by atoms with Crippen LogP contribution in [0.4, 0.5) is 5.69 Å². The number of aryl methyl sites for hydroxylation is 3. The number of hydrogen-bond acceptors (Lipinski definition) is 2. The van der Waals surface area contributed by atoms with E-state index < -0.39 is 0 Å². The zero-order valence-electron chi connectivity index (χ0n) is 10.0. The molecule has 0 fully saturated rings. The van der Waals surface area contributed by atoms with Gasteiger partial charge in [0, 0.05) is 22.0 Å². The Kier molecular flexibility index (Phi) is 3.30. The number of anilines is 1. The van der Waals surface area contributed by atoms with Gasteiger partial charge in [-0.15, -0.1) is 11.3 Å². The van der Waals surface area contributed by atoms with E-state index in [4.69, 9.17) is 0 Å². The lowest BCUT2D eigenvalue weighted by molar-refractivity contribution is 1.13. The van der Waals surface area contributed by atoms with Gasteiger partial charge in [0.1, 0.15) is 0 Å². The fourth-order valence-electron chi connectivity index (χ4n) is 1.82. The van der Waals surface area contributed by atoms with Gasteiger partial charge < -0.3 is 5.32 Å². The Bertz CT molecular complexity index is 485. The van der Waals surface area contributed by atoms with Crippen LogP contribution in [-0.4, -0.2) is 0 Å². The molecule has 84 valence electrons. The van der Waals surface area contributed by atoms with E-state index in [-0.39, 0.29) is 0 Å². The summed E-state index contributed by atoms with van der Waals surface area (Å²) in [4.78, 5) is 2.80. The molecule has 1 aromatic carbocycles. The van der Waals surface area contributed by atoms with Crippen molar-refractivity contribution in [3.63, 3.8) is 0 Å². The second-order valence-corrected chi connectivity index (χ2v) is 5.57. The average Bonchev–Trinajstić information content (AvgIpc) is 2.56. The summed E-state index contributed by atoms with van der Waals surface area (Å²) in [6, 6.07) is 10.7. The minimum Gasteiger partial charge on any atom is -0.381 e. The van der Waals surface area contributed by atoms with Gasteiger partial charge in [0.05, 0.1) is 0 Å². The maximum Gasteiger partial charge on any atom is 0.0411 e. The molecule has 0 saturated heterocycles. The van der Waals surface area contributed by atoms with E-state index in [0.29, 0.717) is 0 Å². The molecule has 0 spiro atoms. The number of thiophene rings is 1. The van der Waals surface area contributed by atoms with Gasteiger partial charge in [-0.2, -0.15) is 0 Å². The number of hydrogen-bond donors (Lipinski definition) is 1. The largest absolute Gasteiger partial charge is 0.381 e. The molecule has 1 aromatic heterocycles. The predicted molar refractivity (Wildman–Crippen MR) is 72.3 cm³/mol. The smallest absolute Gasteiger partial charge is 0.0411 e. The standard InChI is InChI=1S/C14H17NS/c1-10-6-4-5-7-14(10)15-9-13-8-11(2)16-12(13)3/h4-8,15H,9H2,1-3H3. The Balaban J connectivity index is 2.08. The molecule has 0 amide bonds. The lowest BCUT2D eigenvalue weighted by Gasteiger charge is -2.08. The van der Waals surface area contributed by atoms with Crippen molar-refractivity contribution < 1.29 is 0 Å². The highest BCUT2D eigenvalue weighted by atomic mass is 32.1. The van der Waals surface area contributed by atoms with Crippen molar-refractivity contribution >= 4 is 17.0 Å². The molecule has 1 N–H and O–H groups in total. The molecule has 0 radical (unpaired) electrons. The molecule has 0 aliphatic rings. The Morgan fingerprint density at radius 3 is 2.50 bits per heavy atom. The molecule has 0 saturated carbocycles. The van der Waals surface area contributed by atoms with Crippen LogP contribution in [-0.2, 0) is 6.54 Å². The third-order valence-corrected chi connectivity index (χ3v) is 3.77. The van der Waals surface area contributed by atoms with Gasteiger partial charge in [-0.05, 0) is 44.0 Å².